The van der Waals surface area contributed by atoms with E-state index in [0.29, 0.717) is 0 Å². The Hall–Kier alpha value is -1.37. The molecule has 18 heavy (non-hydrogen) atoms. The summed E-state index contributed by atoms with van der Waals surface area (Å²) in [6, 6.07) is 8.63. The van der Waals surface area contributed by atoms with Crippen LogP contribution in [-0.4, -0.2) is 5.78 Å². The fraction of sp³-hybridized carbons (Fsp3) is 0.471. The van der Waals surface area contributed by atoms with Gasteiger partial charge in [-0.2, -0.15) is 0 Å². The van der Waals surface area contributed by atoms with Gasteiger partial charge in [-0.05, 0) is 36.5 Å². The number of rotatable bonds is 6. The second-order valence-corrected chi connectivity index (χ2v) is 5.15. The highest BCUT2D eigenvalue weighted by molar-refractivity contribution is 5.97. The summed E-state index contributed by atoms with van der Waals surface area (Å²) in [5, 5.41) is 0. The largest absolute Gasteiger partial charge is 0.294 e. The van der Waals surface area contributed by atoms with Crippen molar-refractivity contribution in [2.24, 2.45) is 0 Å². The predicted molar refractivity (Wildman–Crippen MR) is 75.8 cm³/mol. The normalized spacial score (nSPS) is 18.5. The van der Waals surface area contributed by atoms with Gasteiger partial charge in [-0.15, -0.1) is 0 Å². The van der Waals surface area contributed by atoms with Crippen LogP contribution < -0.4 is 0 Å². The highest BCUT2D eigenvalue weighted by Gasteiger charge is 2.20. The van der Waals surface area contributed by atoms with E-state index in [1.807, 2.05) is 6.08 Å². The Balaban J connectivity index is 1.87. The molecule has 2 rings (SSSR count). The molecule has 1 atom stereocenters. The molecule has 0 radical (unpaired) electrons. The molecular weight excluding hydrogens is 220 g/mol. The number of ketones is 1. The van der Waals surface area contributed by atoms with Crippen molar-refractivity contribution in [2.45, 2.75) is 51.4 Å². The number of hydrogen-bond donors (Lipinski definition) is 0. The number of aryl methyl sites for hydroxylation is 1. The highest BCUT2D eigenvalue weighted by Crippen LogP contribution is 2.26. The van der Waals surface area contributed by atoms with Crippen molar-refractivity contribution in [3.8, 4) is 0 Å². The van der Waals surface area contributed by atoms with Crippen molar-refractivity contribution in [1.82, 2.24) is 0 Å². The third kappa shape index (κ3) is 3.32. The lowest BCUT2D eigenvalue weighted by Crippen LogP contribution is -2.04. The lowest BCUT2D eigenvalue weighted by atomic mass is 9.94. The Bertz CT molecular complexity index is 414. The SMILES string of the molecule is CCCCCCc1ccc([C@@H]2CC=CC2=O)cc1. The van der Waals surface area contributed by atoms with E-state index in [1.165, 1.54) is 36.8 Å². The molecule has 0 amide bonds. The molecular formula is C17H22O. The fourth-order valence-electron chi connectivity index (χ4n) is 2.53. The van der Waals surface area contributed by atoms with Crippen LogP contribution in [0.5, 0.6) is 0 Å². The Morgan fingerprint density at radius 1 is 1.11 bits per heavy atom. The van der Waals surface area contributed by atoms with Crippen LogP contribution in [0, 0.1) is 0 Å². The molecule has 1 nitrogen and oxygen atoms in total. The summed E-state index contributed by atoms with van der Waals surface area (Å²) in [7, 11) is 0. The average Bonchev–Trinajstić information content (AvgIpc) is 2.82. The van der Waals surface area contributed by atoms with E-state index in [9.17, 15) is 4.79 Å². The quantitative estimate of drug-likeness (QED) is 0.675. The first-order valence-electron chi connectivity index (χ1n) is 7.10. The van der Waals surface area contributed by atoms with Gasteiger partial charge in [-0.25, -0.2) is 0 Å². The van der Waals surface area contributed by atoms with E-state index in [-0.39, 0.29) is 11.7 Å². The van der Waals surface area contributed by atoms with Gasteiger partial charge in [-0.3, -0.25) is 4.79 Å². The first-order valence-corrected chi connectivity index (χ1v) is 7.10. The molecule has 1 aliphatic carbocycles. The molecule has 0 unspecified atom stereocenters. The lowest BCUT2D eigenvalue weighted by Gasteiger charge is -2.09. The summed E-state index contributed by atoms with van der Waals surface area (Å²) in [6.07, 6.45) is 10.9. The zero-order valence-electron chi connectivity index (χ0n) is 11.2. The number of carbonyl (C=O) groups excluding carboxylic acids is 1. The lowest BCUT2D eigenvalue weighted by molar-refractivity contribution is -0.115. The van der Waals surface area contributed by atoms with E-state index >= 15 is 0 Å². The van der Waals surface area contributed by atoms with Gasteiger partial charge in [-0.1, -0.05) is 56.5 Å². The summed E-state index contributed by atoms with van der Waals surface area (Å²) >= 11 is 0. The molecule has 1 aromatic carbocycles. The van der Waals surface area contributed by atoms with Gasteiger partial charge in [0.25, 0.3) is 0 Å². The maximum absolute atomic E-state index is 11.6. The molecule has 1 heteroatoms. The smallest absolute Gasteiger partial charge is 0.163 e. The van der Waals surface area contributed by atoms with Crippen LogP contribution >= 0.6 is 0 Å². The molecule has 0 bridgehead atoms. The Labute approximate surface area is 110 Å². The topological polar surface area (TPSA) is 17.1 Å². The van der Waals surface area contributed by atoms with E-state index in [0.717, 1.165) is 12.8 Å². The molecule has 0 aliphatic heterocycles. The highest BCUT2D eigenvalue weighted by atomic mass is 16.1. The monoisotopic (exact) mass is 242 g/mol. The molecule has 96 valence electrons. The van der Waals surface area contributed by atoms with Gasteiger partial charge >= 0.3 is 0 Å². The maximum atomic E-state index is 11.6. The molecule has 0 spiro atoms. The Kier molecular flexibility index (Phi) is 4.74. The molecule has 0 saturated carbocycles. The van der Waals surface area contributed by atoms with E-state index < -0.39 is 0 Å². The van der Waals surface area contributed by atoms with E-state index in [4.69, 9.17) is 0 Å². The van der Waals surface area contributed by atoms with Crippen LogP contribution in [-0.2, 0) is 11.2 Å². The third-order valence-corrected chi connectivity index (χ3v) is 3.70. The number of hydrogen-bond acceptors (Lipinski definition) is 1. The fourth-order valence-corrected chi connectivity index (χ4v) is 2.53. The standard InChI is InChI=1S/C17H22O/c1-2-3-4-5-7-14-10-12-15(13-11-14)16-8-6-9-17(16)18/h6,9-13,16H,2-5,7-8H2,1H3/t16-/m0/s1. The zero-order chi connectivity index (χ0) is 12.8. The van der Waals surface area contributed by atoms with Gasteiger partial charge < -0.3 is 0 Å². The minimum Gasteiger partial charge on any atom is -0.294 e. The molecule has 0 aromatic heterocycles. The van der Waals surface area contributed by atoms with Crippen LogP contribution in [0.2, 0.25) is 0 Å². The van der Waals surface area contributed by atoms with Gasteiger partial charge in [0.2, 0.25) is 0 Å². The summed E-state index contributed by atoms with van der Waals surface area (Å²) < 4.78 is 0. The minimum absolute atomic E-state index is 0.0825. The molecule has 1 aliphatic rings. The number of unbranched alkanes of at least 4 members (excludes halogenated alkanes) is 3. The van der Waals surface area contributed by atoms with Crippen LogP contribution in [0.25, 0.3) is 0 Å². The second kappa shape index (κ2) is 6.53. The summed E-state index contributed by atoms with van der Waals surface area (Å²) in [4.78, 5) is 11.6. The molecule has 0 N–H and O–H groups in total. The number of benzene rings is 1. The average molecular weight is 242 g/mol. The van der Waals surface area contributed by atoms with Crippen molar-refractivity contribution in [3.63, 3.8) is 0 Å². The molecule has 0 saturated heterocycles. The van der Waals surface area contributed by atoms with Crippen LogP contribution in [0.1, 0.15) is 56.1 Å². The van der Waals surface area contributed by atoms with Crippen molar-refractivity contribution in [3.05, 3.63) is 47.5 Å². The summed E-state index contributed by atoms with van der Waals surface area (Å²) in [5.41, 5.74) is 2.57. The number of carbonyl (C=O) groups is 1. The van der Waals surface area contributed by atoms with Crippen LogP contribution in [0.4, 0.5) is 0 Å². The second-order valence-electron chi connectivity index (χ2n) is 5.15. The van der Waals surface area contributed by atoms with Crippen molar-refractivity contribution in [1.29, 1.82) is 0 Å². The molecule has 0 heterocycles. The maximum Gasteiger partial charge on any atom is 0.163 e. The minimum atomic E-state index is 0.0825. The zero-order valence-corrected chi connectivity index (χ0v) is 11.2. The first kappa shape index (κ1) is 13.1. The van der Waals surface area contributed by atoms with Crippen LogP contribution in [0.3, 0.4) is 0 Å². The summed E-state index contributed by atoms with van der Waals surface area (Å²) in [6.45, 7) is 2.24. The molecule has 0 fully saturated rings. The first-order chi connectivity index (χ1) is 8.81. The summed E-state index contributed by atoms with van der Waals surface area (Å²) in [5.74, 6) is 0.338. The van der Waals surface area contributed by atoms with E-state index in [2.05, 4.69) is 31.2 Å². The van der Waals surface area contributed by atoms with Gasteiger partial charge in [0.15, 0.2) is 5.78 Å². The molecule has 1 aromatic rings. The Morgan fingerprint density at radius 3 is 2.50 bits per heavy atom. The van der Waals surface area contributed by atoms with Crippen molar-refractivity contribution >= 4 is 5.78 Å². The predicted octanol–water partition coefficient (Wildman–Crippen LogP) is 4.42. The Morgan fingerprint density at radius 2 is 1.89 bits per heavy atom. The van der Waals surface area contributed by atoms with Crippen molar-refractivity contribution < 1.29 is 4.79 Å². The van der Waals surface area contributed by atoms with E-state index in [1.54, 1.807) is 6.08 Å². The van der Waals surface area contributed by atoms with Gasteiger partial charge in [0, 0.05) is 0 Å². The third-order valence-electron chi connectivity index (χ3n) is 3.70. The van der Waals surface area contributed by atoms with Crippen molar-refractivity contribution in [2.75, 3.05) is 0 Å². The van der Waals surface area contributed by atoms with Crippen LogP contribution in [0.15, 0.2) is 36.4 Å². The van der Waals surface area contributed by atoms with Gasteiger partial charge in [0.05, 0.1) is 5.92 Å². The van der Waals surface area contributed by atoms with Gasteiger partial charge in [0.1, 0.15) is 0 Å². The number of allylic oxidation sites excluding steroid dienone is 2.